The third-order valence-electron chi connectivity index (χ3n) is 0.677. The van der Waals surface area contributed by atoms with Gasteiger partial charge in [0.15, 0.2) is 0 Å². The zero-order valence-electron chi connectivity index (χ0n) is 3.20. The van der Waals surface area contributed by atoms with Gasteiger partial charge < -0.3 is 9.79 Å². The minimum atomic E-state index is -1.72. The molecule has 1 rings (SSSR count). The van der Waals surface area contributed by atoms with Crippen molar-refractivity contribution >= 4 is 8.53 Å². The van der Waals surface area contributed by atoms with E-state index in [0.29, 0.717) is 0 Å². The zero-order valence-corrected chi connectivity index (χ0v) is 4.10. The van der Waals surface area contributed by atoms with Crippen LogP contribution in [-0.2, 0) is 0 Å². The minimum Gasteiger partial charge on any atom is -0.338 e. The molecule has 6 heavy (non-hydrogen) atoms. The van der Waals surface area contributed by atoms with E-state index >= 15 is 0 Å². The minimum absolute atomic E-state index is 0.860. The van der Waals surface area contributed by atoms with Crippen molar-refractivity contribution in [3.05, 3.63) is 0 Å². The molecule has 2 N–H and O–H groups in total. The van der Waals surface area contributed by atoms with Crippen molar-refractivity contribution in [1.29, 1.82) is 0 Å². The molecule has 1 saturated heterocycles. The molecule has 0 radical (unpaired) electrons. The Morgan fingerprint density at radius 2 is 1.83 bits per heavy atom. The highest BCUT2D eigenvalue weighted by molar-refractivity contribution is 7.42. The lowest BCUT2D eigenvalue weighted by Gasteiger charge is -1.95. The summed E-state index contributed by atoms with van der Waals surface area (Å²) in [5, 5.41) is 0. The monoisotopic (exact) mass is 107 g/mol. The van der Waals surface area contributed by atoms with Gasteiger partial charge in [0.1, 0.15) is 0 Å². The summed E-state index contributed by atoms with van der Waals surface area (Å²) in [6, 6.07) is 0. The lowest BCUT2D eigenvalue weighted by atomic mass is 11.0. The molecule has 0 unspecified atom stereocenters. The summed E-state index contributed by atoms with van der Waals surface area (Å²) >= 11 is 0. The lowest BCUT2D eigenvalue weighted by Crippen LogP contribution is -1.81. The van der Waals surface area contributed by atoms with E-state index in [4.69, 9.17) is 9.79 Å². The van der Waals surface area contributed by atoms with Gasteiger partial charge in [-0.1, -0.05) is 0 Å². The first-order chi connectivity index (χ1) is 2.80. The quantitative estimate of drug-likeness (QED) is 0.351. The van der Waals surface area contributed by atoms with Gasteiger partial charge in [0.2, 0.25) is 0 Å². The molecule has 0 aromatic carbocycles. The lowest BCUT2D eigenvalue weighted by molar-refractivity contribution is 0.442. The summed E-state index contributed by atoms with van der Waals surface area (Å²) in [4.78, 5) is 16.5. The van der Waals surface area contributed by atoms with Crippen LogP contribution in [0.2, 0.25) is 0 Å². The van der Waals surface area contributed by atoms with Gasteiger partial charge >= 0.3 is 0 Å². The molecule has 1 aliphatic heterocycles. The number of nitrogens with zero attached hydrogens (tertiary/aromatic N) is 1. The van der Waals surface area contributed by atoms with Crippen molar-refractivity contribution in [2.24, 2.45) is 0 Å². The predicted molar refractivity (Wildman–Crippen MR) is 22.9 cm³/mol. The zero-order chi connectivity index (χ0) is 4.57. The first kappa shape index (κ1) is 4.47. The molecular formula is C2H6NO2P. The molecule has 0 bridgehead atoms. The van der Waals surface area contributed by atoms with Crippen molar-refractivity contribution in [2.45, 2.75) is 0 Å². The molecule has 0 aromatic rings. The second-order valence-corrected chi connectivity index (χ2v) is 2.32. The fourth-order valence-corrected chi connectivity index (χ4v) is 0.671. The standard InChI is InChI=1S/C2H6NO2P/c4-6(5)3-1-2-3/h4-5H,1-2H2. The maximum atomic E-state index is 8.24. The Labute approximate surface area is 37.2 Å². The SMILES string of the molecule is OP(O)N1CC1. The molecule has 0 aliphatic carbocycles. The second-order valence-electron chi connectivity index (χ2n) is 1.22. The normalized spacial score (nSPS) is 22.5. The summed E-state index contributed by atoms with van der Waals surface area (Å²) < 4.78 is 1.59. The van der Waals surface area contributed by atoms with Crippen LogP contribution in [0.4, 0.5) is 0 Å². The van der Waals surface area contributed by atoms with E-state index in [9.17, 15) is 0 Å². The van der Waals surface area contributed by atoms with E-state index in [2.05, 4.69) is 0 Å². The van der Waals surface area contributed by atoms with Crippen molar-refractivity contribution in [2.75, 3.05) is 13.1 Å². The third-order valence-corrected chi connectivity index (χ3v) is 1.58. The number of rotatable bonds is 1. The van der Waals surface area contributed by atoms with Gasteiger partial charge in [-0.2, -0.15) is 0 Å². The van der Waals surface area contributed by atoms with Gasteiger partial charge in [0, 0.05) is 13.1 Å². The summed E-state index contributed by atoms with van der Waals surface area (Å²) in [5.74, 6) is 0. The highest BCUT2D eigenvalue weighted by Gasteiger charge is 2.24. The first-order valence-electron chi connectivity index (χ1n) is 1.73. The largest absolute Gasteiger partial charge is 0.338 e. The second kappa shape index (κ2) is 1.43. The molecule has 36 valence electrons. The van der Waals surface area contributed by atoms with Crippen LogP contribution in [-0.4, -0.2) is 27.5 Å². The molecule has 1 heterocycles. The molecule has 0 spiro atoms. The molecular weight excluding hydrogens is 101 g/mol. The maximum absolute atomic E-state index is 8.24. The molecule has 0 aromatic heterocycles. The number of hydrogen-bond donors (Lipinski definition) is 2. The van der Waals surface area contributed by atoms with Crippen LogP contribution >= 0.6 is 8.53 Å². The average Bonchev–Trinajstić information content (AvgIpc) is 2.06. The van der Waals surface area contributed by atoms with E-state index in [-0.39, 0.29) is 0 Å². The molecule has 0 amide bonds. The van der Waals surface area contributed by atoms with Gasteiger partial charge in [-0.3, -0.25) is 0 Å². The summed E-state index contributed by atoms with van der Waals surface area (Å²) in [6.45, 7) is 1.72. The van der Waals surface area contributed by atoms with E-state index in [0.717, 1.165) is 13.1 Å². The van der Waals surface area contributed by atoms with Gasteiger partial charge in [0.05, 0.1) is 0 Å². The predicted octanol–water partition coefficient (Wildman–Crippen LogP) is -0.486. The molecule has 1 aliphatic rings. The Balaban J connectivity index is 2.13. The number of hydrogen-bond acceptors (Lipinski definition) is 3. The fraction of sp³-hybridized carbons (Fsp3) is 1.00. The van der Waals surface area contributed by atoms with Gasteiger partial charge in [-0.05, 0) is 0 Å². The molecule has 4 heteroatoms. The third kappa shape index (κ3) is 0.884. The Hall–Kier alpha value is 0.310. The van der Waals surface area contributed by atoms with Crippen molar-refractivity contribution < 1.29 is 9.79 Å². The topological polar surface area (TPSA) is 43.5 Å². The van der Waals surface area contributed by atoms with Crippen LogP contribution < -0.4 is 0 Å². The molecule has 0 atom stereocenters. The van der Waals surface area contributed by atoms with Crippen molar-refractivity contribution in [3.63, 3.8) is 0 Å². The highest BCUT2D eigenvalue weighted by atomic mass is 31.2. The maximum Gasteiger partial charge on any atom is 0.253 e. The Morgan fingerprint density at radius 3 is 1.83 bits per heavy atom. The van der Waals surface area contributed by atoms with E-state index in [1.807, 2.05) is 0 Å². The van der Waals surface area contributed by atoms with E-state index in [1.54, 1.807) is 4.67 Å². The Morgan fingerprint density at radius 1 is 1.33 bits per heavy atom. The summed E-state index contributed by atoms with van der Waals surface area (Å²) in [6.07, 6.45) is 0. The van der Waals surface area contributed by atoms with Crippen LogP contribution in [0.1, 0.15) is 0 Å². The van der Waals surface area contributed by atoms with Crippen LogP contribution in [0.3, 0.4) is 0 Å². The van der Waals surface area contributed by atoms with Crippen LogP contribution in [0.15, 0.2) is 0 Å². The first-order valence-corrected chi connectivity index (χ1v) is 2.93. The van der Waals surface area contributed by atoms with Gasteiger partial charge in [-0.15, -0.1) is 0 Å². The van der Waals surface area contributed by atoms with Crippen molar-refractivity contribution in [3.8, 4) is 0 Å². The summed E-state index contributed by atoms with van der Waals surface area (Å²) in [7, 11) is -1.72. The fourth-order valence-electron chi connectivity index (χ4n) is 0.224. The summed E-state index contributed by atoms with van der Waals surface area (Å²) in [5.41, 5.74) is 0. The molecule has 0 saturated carbocycles. The van der Waals surface area contributed by atoms with E-state index < -0.39 is 8.53 Å². The van der Waals surface area contributed by atoms with Crippen LogP contribution in [0.25, 0.3) is 0 Å². The smallest absolute Gasteiger partial charge is 0.253 e. The van der Waals surface area contributed by atoms with Crippen LogP contribution in [0.5, 0.6) is 0 Å². The van der Waals surface area contributed by atoms with Crippen molar-refractivity contribution in [1.82, 2.24) is 4.67 Å². The Bertz CT molecular complexity index is 53.5. The van der Waals surface area contributed by atoms with Gasteiger partial charge in [0.25, 0.3) is 8.53 Å². The molecule has 1 fully saturated rings. The average molecular weight is 107 g/mol. The molecule has 3 nitrogen and oxygen atoms in total. The van der Waals surface area contributed by atoms with Crippen LogP contribution in [0, 0.1) is 0 Å². The van der Waals surface area contributed by atoms with E-state index in [1.165, 1.54) is 0 Å². The highest BCUT2D eigenvalue weighted by Crippen LogP contribution is 2.35. The van der Waals surface area contributed by atoms with Gasteiger partial charge in [-0.25, -0.2) is 4.67 Å². The Kier molecular flexibility index (Phi) is 1.06.